The van der Waals surface area contributed by atoms with E-state index in [0.29, 0.717) is 59.1 Å². The molecule has 32 heavy (non-hydrogen) atoms. The number of hydrogen-bond donors (Lipinski definition) is 1. The summed E-state index contributed by atoms with van der Waals surface area (Å²) in [6, 6.07) is 7.01. The van der Waals surface area contributed by atoms with Crippen LogP contribution in [0.2, 0.25) is 0 Å². The van der Waals surface area contributed by atoms with Gasteiger partial charge < -0.3 is 9.64 Å². The van der Waals surface area contributed by atoms with Crippen molar-refractivity contribution in [3.63, 3.8) is 0 Å². The van der Waals surface area contributed by atoms with E-state index in [1.54, 1.807) is 30.6 Å². The molecule has 4 aromatic rings. The minimum Gasteiger partial charge on any atom is -0.377 e. The van der Waals surface area contributed by atoms with Crippen molar-refractivity contribution in [2.24, 2.45) is 0 Å². The number of ether oxygens (including phenoxy) is 1. The number of alkyl halides is 3. The fourth-order valence-electron chi connectivity index (χ4n) is 4.01. The number of nitrogens with zero attached hydrogens (tertiary/aromatic N) is 6. The average molecular weight is 443 g/mol. The Morgan fingerprint density at radius 2 is 2.06 bits per heavy atom. The van der Waals surface area contributed by atoms with Crippen molar-refractivity contribution in [3.05, 3.63) is 42.9 Å². The molecule has 0 saturated carbocycles. The van der Waals surface area contributed by atoms with E-state index >= 15 is 0 Å². The fraction of sp³-hybridized carbons (Fsp3) is 0.333. The Bertz CT molecular complexity index is 1240. The van der Waals surface area contributed by atoms with Gasteiger partial charge in [0.1, 0.15) is 23.6 Å². The molecule has 4 aromatic heterocycles. The Morgan fingerprint density at radius 1 is 1.19 bits per heavy atom. The molecule has 1 aliphatic heterocycles. The highest BCUT2D eigenvalue weighted by Crippen LogP contribution is 2.36. The monoisotopic (exact) mass is 443 g/mol. The lowest BCUT2D eigenvalue weighted by Gasteiger charge is -2.34. The second-order valence-electron chi connectivity index (χ2n) is 7.66. The summed E-state index contributed by atoms with van der Waals surface area (Å²) >= 11 is 0. The van der Waals surface area contributed by atoms with Crippen molar-refractivity contribution in [1.82, 2.24) is 29.9 Å². The first-order chi connectivity index (χ1) is 15.4. The smallest absolute Gasteiger partial charge is 0.377 e. The number of nitrogens with one attached hydrogen (secondary N) is 1. The molecule has 166 valence electrons. The first kappa shape index (κ1) is 20.4. The predicted octanol–water partition coefficient (Wildman–Crippen LogP) is 3.67. The Balaban J connectivity index is 1.75. The number of hydrogen-bond acceptors (Lipinski definition) is 6. The summed E-state index contributed by atoms with van der Waals surface area (Å²) in [5.74, 6) is 0.650. The molecule has 1 atom stereocenters. The van der Waals surface area contributed by atoms with Gasteiger partial charge in [-0.05, 0) is 31.2 Å². The van der Waals surface area contributed by atoms with Crippen LogP contribution < -0.4 is 4.90 Å². The van der Waals surface area contributed by atoms with Crippen LogP contribution in [0.3, 0.4) is 0 Å². The van der Waals surface area contributed by atoms with Crippen LogP contribution in [0.4, 0.5) is 19.0 Å². The Morgan fingerprint density at radius 3 is 2.81 bits per heavy atom. The van der Waals surface area contributed by atoms with E-state index in [2.05, 4.69) is 25.2 Å². The normalized spacial score (nSPS) is 17.2. The van der Waals surface area contributed by atoms with E-state index in [-0.39, 0.29) is 6.04 Å². The molecular weight excluding hydrogens is 423 g/mol. The molecule has 1 fully saturated rings. The first-order valence-electron chi connectivity index (χ1n) is 10.1. The maximum Gasteiger partial charge on any atom is 0.408 e. The molecule has 11 heteroatoms. The van der Waals surface area contributed by atoms with Crippen molar-refractivity contribution in [2.75, 3.05) is 24.7 Å². The van der Waals surface area contributed by atoms with Gasteiger partial charge in [0.15, 0.2) is 0 Å². The Kier molecular flexibility index (Phi) is 5.04. The van der Waals surface area contributed by atoms with Gasteiger partial charge in [0.2, 0.25) is 0 Å². The molecule has 1 saturated heterocycles. The standard InChI is InChI=1S/C21H20F3N7O/c1-13-11-32-9-8-30(13)18-10-15(17-4-7-27-31(17)12-21(22,23)24)14-2-5-25-20(19(14)28-18)16-3-6-26-29-16/h2-7,10,13H,8-9,11-12H2,1H3,(H,26,29). The van der Waals surface area contributed by atoms with Gasteiger partial charge in [0.05, 0.1) is 30.6 Å². The zero-order valence-electron chi connectivity index (χ0n) is 17.2. The largest absolute Gasteiger partial charge is 0.408 e. The minimum absolute atomic E-state index is 0.0638. The van der Waals surface area contributed by atoms with Crippen LogP contribution in [0.1, 0.15) is 6.92 Å². The number of halogens is 3. The third-order valence-electron chi connectivity index (χ3n) is 5.45. The topological polar surface area (TPSA) is 84.8 Å². The van der Waals surface area contributed by atoms with Gasteiger partial charge in [0, 0.05) is 36.1 Å². The molecule has 1 unspecified atom stereocenters. The molecule has 1 N–H and O–H groups in total. The molecule has 0 aliphatic carbocycles. The van der Waals surface area contributed by atoms with Crippen molar-refractivity contribution in [3.8, 4) is 22.6 Å². The summed E-state index contributed by atoms with van der Waals surface area (Å²) in [7, 11) is 0. The van der Waals surface area contributed by atoms with Gasteiger partial charge in [-0.1, -0.05) is 0 Å². The summed E-state index contributed by atoms with van der Waals surface area (Å²) in [6.07, 6.45) is 0.212. The summed E-state index contributed by atoms with van der Waals surface area (Å²) in [4.78, 5) is 11.5. The molecule has 5 heterocycles. The van der Waals surface area contributed by atoms with Crippen LogP contribution >= 0.6 is 0 Å². The van der Waals surface area contributed by atoms with Crippen molar-refractivity contribution in [2.45, 2.75) is 25.7 Å². The number of anilines is 1. The van der Waals surface area contributed by atoms with Crippen molar-refractivity contribution < 1.29 is 17.9 Å². The fourth-order valence-corrected chi connectivity index (χ4v) is 4.01. The quantitative estimate of drug-likeness (QED) is 0.518. The lowest BCUT2D eigenvalue weighted by Crippen LogP contribution is -2.44. The van der Waals surface area contributed by atoms with E-state index in [4.69, 9.17) is 9.72 Å². The maximum absolute atomic E-state index is 13.2. The molecule has 0 aromatic carbocycles. The highest BCUT2D eigenvalue weighted by atomic mass is 19.4. The molecule has 1 aliphatic rings. The van der Waals surface area contributed by atoms with E-state index in [1.165, 1.54) is 6.20 Å². The van der Waals surface area contributed by atoms with Crippen LogP contribution in [-0.2, 0) is 11.3 Å². The molecule has 0 radical (unpaired) electrons. The molecule has 8 nitrogen and oxygen atoms in total. The lowest BCUT2D eigenvalue weighted by molar-refractivity contribution is -0.142. The number of H-pyrrole nitrogens is 1. The molecule has 5 rings (SSSR count). The number of fused-ring (bicyclic) bond motifs is 1. The van der Waals surface area contributed by atoms with E-state index in [0.717, 1.165) is 4.68 Å². The van der Waals surface area contributed by atoms with Gasteiger partial charge in [-0.25, -0.2) is 4.98 Å². The molecular formula is C21H20F3N7O. The lowest BCUT2D eigenvalue weighted by atomic mass is 10.0. The first-order valence-corrected chi connectivity index (χ1v) is 10.1. The number of rotatable bonds is 4. The predicted molar refractivity (Wildman–Crippen MR) is 112 cm³/mol. The third-order valence-corrected chi connectivity index (χ3v) is 5.45. The van der Waals surface area contributed by atoms with Crippen LogP contribution in [-0.4, -0.2) is 61.9 Å². The summed E-state index contributed by atoms with van der Waals surface area (Å²) in [5, 5.41) is 11.5. The molecule has 0 bridgehead atoms. The highest BCUT2D eigenvalue weighted by molar-refractivity contribution is 6.01. The maximum atomic E-state index is 13.2. The van der Waals surface area contributed by atoms with Gasteiger partial charge in [-0.3, -0.25) is 14.8 Å². The molecule has 0 spiro atoms. The van der Waals surface area contributed by atoms with Gasteiger partial charge in [-0.15, -0.1) is 0 Å². The number of pyridine rings is 2. The highest BCUT2D eigenvalue weighted by Gasteiger charge is 2.30. The second-order valence-corrected chi connectivity index (χ2v) is 7.66. The number of morpholine rings is 1. The van der Waals surface area contributed by atoms with Crippen molar-refractivity contribution >= 4 is 16.7 Å². The second kappa shape index (κ2) is 7.90. The zero-order chi connectivity index (χ0) is 22.3. The van der Waals surface area contributed by atoms with Gasteiger partial charge in [0.25, 0.3) is 0 Å². The zero-order valence-corrected chi connectivity index (χ0v) is 17.2. The minimum atomic E-state index is -4.40. The summed E-state index contributed by atoms with van der Waals surface area (Å²) < 4.78 is 46.1. The number of aromatic amines is 1. The Labute approximate surface area is 181 Å². The number of aromatic nitrogens is 6. The van der Waals surface area contributed by atoms with Gasteiger partial charge in [-0.2, -0.15) is 23.4 Å². The van der Waals surface area contributed by atoms with E-state index < -0.39 is 12.7 Å². The van der Waals surface area contributed by atoms with E-state index in [9.17, 15) is 13.2 Å². The van der Waals surface area contributed by atoms with Gasteiger partial charge >= 0.3 is 6.18 Å². The average Bonchev–Trinajstić information content (AvgIpc) is 3.44. The summed E-state index contributed by atoms with van der Waals surface area (Å²) in [5.41, 5.74) is 2.78. The molecule has 0 amide bonds. The SMILES string of the molecule is CC1COCCN1c1cc(-c2ccnn2CC(F)(F)F)c2ccnc(-c3ccn[nH]3)c2n1. The van der Waals surface area contributed by atoms with Crippen LogP contribution in [0.15, 0.2) is 42.9 Å². The van der Waals surface area contributed by atoms with Crippen LogP contribution in [0.25, 0.3) is 33.5 Å². The Hall–Kier alpha value is -3.47. The summed E-state index contributed by atoms with van der Waals surface area (Å²) in [6.45, 7) is 2.56. The third kappa shape index (κ3) is 3.79. The van der Waals surface area contributed by atoms with E-state index in [1.807, 2.05) is 13.0 Å². The van der Waals surface area contributed by atoms with Crippen LogP contribution in [0.5, 0.6) is 0 Å². The van der Waals surface area contributed by atoms with Crippen LogP contribution in [0, 0.1) is 0 Å². The van der Waals surface area contributed by atoms with Crippen molar-refractivity contribution in [1.29, 1.82) is 0 Å².